The summed E-state index contributed by atoms with van der Waals surface area (Å²) in [5.74, 6) is 0.263. The van der Waals surface area contributed by atoms with Crippen LogP contribution in [0.3, 0.4) is 0 Å². The average molecular weight is 1050 g/mol. The quantitative estimate of drug-likeness (QED) is 0.169. The Bertz CT molecular complexity index is 3750. The van der Waals surface area contributed by atoms with Crippen molar-refractivity contribution in [3.8, 4) is 56.3 Å². The van der Waals surface area contributed by atoms with Crippen molar-refractivity contribution in [3.05, 3.63) is 175 Å². The molecule has 0 saturated heterocycles. The minimum Gasteiger partial charge on any atom is -0.507 e. The third kappa shape index (κ3) is 7.08. The zero-order chi connectivity index (χ0) is 46.0. The number of imidazole rings is 1. The molecule has 1 fully saturated rings. The first kappa shape index (κ1) is 41.8. The molecule has 0 bridgehead atoms. The predicted octanol–water partition coefficient (Wildman–Crippen LogP) is 16.0. The number of hydrogen-bond acceptors (Lipinski definition) is 3. The molecule has 5 nitrogen and oxygen atoms in total. The van der Waals surface area contributed by atoms with Gasteiger partial charge in [0.15, 0.2) is 0 Å². The normalized spacial score (nSPS) is 15.2. The number of aromatic nitrogens is 4. The van der Waals surface area contributed by atoms with Crippen LogP contribution in [0, 0.1) is 18.4 Å². The minimum absolute atomic E-state index is 0. The fourth-order valence-corrected chi connectivity index (χ4v) is 10.8. The summed E-state index contributed by atoms with van der Waals surface area (Å²) in [5, 5.41) is 16.1. The van der Waals surface area contributed by atoms with Crippen molar-refractivity contribution in [1.82, 2.24) is 18.9 Å². The van der Waals surface area contributed by atoms with Crippen molar-refractivity contribution in [1.29, 1.82) is 0 Å². The number of hydrogen-bond donors (Lipinski definition) is 1. The van der Waals surface area contributed by atoms with Gasteiger partial charge in [-0.2, -0.15) is 0 Å². The maximum absolute atomic E-state index is 11.4. The molecule has 334 valence electrons. The molecule has 11 aromatic rings. The Morgan fingerprint density at radius 2 is 1.43 bits per heavy atom. The van der Waals surface area contributed by atoms with Crippen molar-refractivity contribution in [2.24, 2.45) is 5.41 Å². The van der Waals surface area contributed by atoms with Gasteiger partial charge in [-0.3, -0.25) is 9.55 Å². The van der Waals surface area contributed by atoms with Crippen LogP contribution in [0.4, 0.5) is 0 Å². The van der Waals surface area contributed by atoms with Gasteiger partial charge >= 0.3 is 0 Å². The maximum Gasteiger partial charge on any atom is 0.148 e. The molecule has 7 aromatic carbocycles. The second-order valence-corrected chi connectivity index (χ2v) is 20.4. The predicted molar refractivity (Wildman–Crippen MR) is 274 cm³/mol. The second kappa shape index (κ2) is 16.1. The molecule has 67 heavy (non-hydrogen) atoms. The first-order valence-corrected chi connectivity index (χ1v) is 23.4. The number of nitrogens with zero attached hydrogens (tertiary/aromatic N) is 4. The summed E-state index contributed by atoms with van der Waals surface area (Å²) >= 11 is 0. The Morgan fingerprint density at radius 1 is 0.701 bits per heavy atom. The van der Waals surface area contributed by atoms with E-state index in [0.29, 0.717) is 16.8 Å². The summed E-state index contributed by atoms with van der Waals surface area (Å²) in [4.78, 5) is 10.6. The Balaban J connectivity index is 0.00000507. The van der Waals surface area contributed by atoms with E-state index in [1.165, 1.54) is 21.9 Å². The smallest absolute Gasteiger partial charge is 0.148 e. The molecular weight excluding hydrogens is 1000 g/mol. The van der Waals surface area contributed by atoms with E-state index in [1.54, 1.807) is 6.07 Å². The topological polar surface area (TPSA) is 55.4 Å². The third-order valence-electron chi connectivity index (χ3n) is 14.4. The zero-order valence-electron chi connectivity index (χ0n) is 39.8. The van der Waals surface area contributed by atoms with Gasteiger partial charge in [-0.25, -0.2) is 4.98 Å². The summed E-state index contributed by atoms with van der Waals surface area (Å²) in [6.45, 7) is 13.6. The van der Waals surface area contributed by atoms with Crippen LogP contribution in [-0.4, -0.2) is 24.0 Å². The van der Waals surface area contributed by atoms with Gasteiger partial charge in [-0.05, 0) is 108 Å². The van der Waals surface area contributed by atoms with Gasteiger partial charge in [0.05, 0.1) is 38.8 Å². The van der Waals surface area contributed by atoms with E-state index in [-0.39, 0.29) is 32.2 Å². The monoisotopic (exact) mass is 1050 g/mol. The Hall–Kier alpha value is -6.55. The van der Waals surface area contributed by atoms with Gasteiger partial charge in [0.2, 0.25) is 0 Å². The number of rotatable bonds is 6. The molecule has 0 radical (unpaired) electrons. The van der Waals surface area contributed by atoms with E-state index in [0.717, 1.165) is 109 Å². The van der Waals surface area contributed by atoms with E-state index < -0.39 is 5.89 Å². The van der Waals surface area contributed by atoms with Crippen molar-refractivity contribution >= 4 is 49.1 Å². The largest absolute Gasteiger partial charge is 0.507 e. The summed E-state index contributed by atoms with van der Waals surface area (Å²) in [6, 6.07) is 54.9. The van der Waals surface area contributed by atoms with Crippen LogP contribution < -0.4 is 0 Å². The molecule has 4 aromatic heterocycles. The minimum atomic E-state index is -0.566. The molecule has 4 heterocycles. The van der Waals surface area contributed by atoms with Crippen LogP contribution in [0.15, 0.2) is 152 Å². The molecule has 0 aliphatic heterocycles. The molecule has 6 heteroatoms. The van der Waals surface area contributed by atoms with Crippen molar-refractivity contribution in [2.45, 2.75) is 78.5 Å². The molecule has 0 atom stereocenters. The Morgan fingerprint density at radius 3 is 2.22 bits per heavy atom. The van der Waals surface area contributed by atoms with Crippen LogP contribution >= 0.6 is 0 Å². The molecule has 1 aliphatic carbocycles. The van der Waals surface area contributed by atoms with Gasteiger partial charge in [0.25, 0.3) is 0 Å². The number of aromatic hydroxyl groups is 1. The van der Waals surface area contributed by atoms with E-state index in [4.69, 9.17) is 9.97 Å². The molecule has 0 amide bonds. The Kier molecular flexibility index (Phi) is 10.0. The van der Waals surface area contributed by atoms with E-state index in [2.05, 4.69) is 178 Å². The summed E-state index contributed by atoms with van der Waals surface area (Å²) in [6.07, 6.45) is 5.84. The maximum atomic E-state index is 11.4. The number of fused-ring (bicyclic) bond motifs is 7. The van der Waals surface area contributed by atoms with Gasteiger partial charge < -0.3 is 9.51 Å². The van der Waals surface area contributed by atoms with Crippen molar-refractivity contribution in [2.75, 3.05) is 0 Å². The summed E-state index contributed by atoms with van der Waals surface area (Å²) < 4.78 is 14.2. The number of phenols is 1. The van der Waals surface area contributed by atoms with E-state index in [9.17, 15) is 6.48 Å². The molecule has 0 unspecified atom stereocenters. The first-order valence-electron chi connectivity index (χ1n) is 23.9. The molecule has 1 saturated carbocycles. The van der Waals surface area contributed by atoms with Gasteiger partial charge in [0, 0.05) is 61.4 Å². The SMILES string of the molecule is [2H]C1(c2ccc3c(c2)c2cccc4c5c(-c6[c-]c(-c7cccc8c7nc(-c7ccccc7O)n8-c7ccc(C(C)(C)C)cc7-c7ccccc7)cc(C)c6)nccc5n3c24)CCC(C)(C)CC1.[Pt]. The van der Waals surface area contributed by atoms with E-state index >= 15 is 0 Å². The average Bonchev–Trinajstić information content (AvgIpc) is 4.00. The number of pyridine rings is 1. The van der Waals surface area contributed by atoms with Gasteiger partial charge in [-0.1, -0.05) is 138 Å². The first-order chi connectivity index (χ1) is 32.3. The second-order valence-electron chi connectivity index (χ2n) is 20.4. The molecular formula is C61H53N4OPt-. The third-order valence-corrected chi connectivity index (χ3v) is 14.4. The molecule has 12 rings (SSSR count). The van der Waals surface area contributed by atoms with Crippen molar-refractivity contribution in [3.63, 3.8) is 0 Å². The molecule has 1 aliphatic rings. The van der Waals surface area contributed by atoms with Gasteiger partial charge in [0.1, 0.15) is 11.6 Å². The fourth-order valence-electron chi connectivity index (χ4n) is 10.8. The van der Waals surface area contributed by atoms with Crippen LogP contribution in [0.1, 0.15) is 84.3 Å². The van der Waals surface area contributed by atoms with Crippen LogP contribution in [-0.2, 0) is 26.5 Å². The molecule has 1 N–H and O–H groups in total. The number of aryl methyl sites for hydroxylation is 1. The number of phenolic OH excluding ortho intramolecular Hbond substituents is 1. The summed E-state index contributed by atoms with van der Waals surface area (Å²) in [7, 11) is 0. The van der Waals surface area contributed by atoms with Crippen LogP contribution in [0.2, 0.25) is 0 Å². The summed E-state index contributed by atoms with van der Waals surface area (Å²) in [5.41, 5.74) is 16.4. The zero-order valence-corrected chi connectivity index (χ0v) is 41.1. The fraction of sp³-hybridized carbons (Fsp3) is 0.213. The Labute approximate surface area is 408 Å². The number of para-hydroxylation sites is 3. The van der Waals surface area contributed by atoms with Crippen LogP contribution in [0.25, 0.3) is 99.7 Å². The van der Waals surface area contributed by atoms with Crippen molar-refractivity contribution < 1.29 is 27.5 Å². The number of benzene rings is 7. The molecule has 0 spiro atoms. The van der Waals surface area contributed by atoms with Crippen LogP contribution in [0.5, 0.6) is 5.75 Å². The van der Waals surface area contributed by atoms with E-state index in [1.807, 2.05) is 24.4 Å². The standard InChI is InChI=1S/C61H53N4O.Pt/c1-37-32-41(34-42(33-37)56-55-47-19-12-18-45-49-35-40(38-26-29-61(5,6)30-27-38)22-24-51(49)64(58(45)47)52(55)28-31-62-56)44-17-13-20-53-57(44)63-59(46-16-10-11-21-54(46)66)65(53)50-25-23-43(60(2,3)4)36-48(50)39-14-8-7-9-15-39;/h7-25,28,31-33,35-36,38,66H,26-27,29-30H2,1-6H3;/q-1;/i38D;. The van der Waals surface area contributed by atoms with Gasteiger partial charge in [-0.15, -0.1) is 29.3 Å².